The van der Waals surface area contributed by atoms with Gasteiger partial charge in [-0.15, -0.1) is 0 Å². The zero-order chi connectivity index (χ0) is 18.9. The number of allylic oxidation sites excluding steroid dienone is 2. The standard InChI is InChI=1S/C26H24N2/c1-18-10-15-25-24(16-18)22-8-5-9-23(22)26(28-25)20-11-13-21(14-12-20)27-17-19-6-3-2-4-7-19/h2-8,10-17,22-23,26,28H,9H2,1H3/t22-,23-,26-/m1/s1. The maximum atomic E-state index is 4.62. The Bertz CT molecular complexity index is 1030. The van der Waals surface area contributed by atoms with E-state index in [2.05, 4.69) is 84.0 Å². The zero-order valence-electron chi connectivity index (χ0n) is 16.0. The predicted octanol–water partition coefficient (Wildman–Crippen LogP) is 6.57. The van der Waals surface area contributed by atoms with E-state index in [1.54, 1.807) is 0 Å². The Morgan fingerprint density at radius 2 is 1.79 bits per heavy atom. The van der Waals surface area contributed by atoms with Crippen molar-refractivity contribution in [3.05, 3.63) is 107 Å². The molecule has 3 atom stereocenters. The highest BCUT2D eigenvalue weighted by Gasteiger charge is 2.37. The van der Waals surface area contributed by atoms with Crippen molar-refractivity contribution >= 4 is 17.6 Å². The van der Waals surface area contributed by atoms with Gasteiger partial charge < -0.3 is 5.32 Å². The van der Waals surface area contributed by atoms with Gasteiger partial charge in [-0.25, -0.2) is 0 Å². The molecule has 28 heavy (non-hydrogen) atoms. The number of fused-ring (bicyclic) bond motifs is 3. The molecule has 1 N–H and O–H groups in total. The van der Waals surface area contributed by atoms with Crippen molar-refractivity contribution in [3.8, 4) is 0 Å². The van der Waals surface area contributed by atoms with Crippen LogP contribution < -0.4 is 5.32 Å². The molecule has 0 bridgehead atoms. The monoisotopic (exact) mass is 364 g/mol. The Morgan fingerprint density at radius 3 is 2.61 bits per heavy atom. The summed E-state index contributed by atoms with van der Waals surface area (Å²) in [5.41, 5.74) is 7.49. The van der Waals surface area contributed by atoms with Crippen molar-refractivity contribution in [1.29, 1.82) is 0 Å². The maximum absolute atomic E-state index is 4.62. The summed E-state index contributed by atoms with van der Waals surface area (Å²) in [6.45, 7) is 2.18. The van der Waals surface area contributed by atoms with Crippen LogP contribution in [0.2, 0.25) is 0 Å². The Balaban J connectivity index is 1.40. The summed E-state index contributed by atoms with van der Waals surface area (Å²) in [4.78, 5) is 4.62. The summed E-state index contributed by atoms with van der Waals surface area (Å²) in [5.74, 6) is 1.09. The second-order valence-corrected chi connectivity index (χ2v) is 7.83. The second kappa shape index (κ2) is 7.12. The number of anilines is 1. The van der Waals surface area contributed by atoms with Crippen molar-refractivity contribution in [2.24, 2.45) is 10.9 Å². The molecular weight excluding hydrogens is 340 g/mol. The molecule has 138 valence electrons. The first-order valence-electron chi connectivity index (χ1n) is 10.0. The minimum atomic E-state index is 0.336. The molecule has 2 heteroatoms. The average molecular weight is 364 g/mol. The van der Waals surface area contributed by atoms with E-state index in [0.29, 0.717) is 17.9 Å². The van der Waals surface area contributed by atoms with Crippen LogP contribution in [0, 0.1) is 12.8 Å². The van der Waals surface area contributed by atoms with Gasteiger partial charge in [0.2, 0.25) is 0 Å². The third kappa shape index (κ3) is 3.16. The van der Waals surface area contributed by atoms with Crippen molar-refractivity contribution in [2.45, 2.75) is 25.3 Å². The largest absolute Gasteiger partial charge is 0.378 e. The molecule has 1 aliphatic carbocycles. The molecule has 0 aromatic heterocycles. The molecule has 3 aromatic carbocycles. The van der Waals surface area contributed by atoms with E-state index in [4.69, 9.17) is 0 Å². The minimum absolute atomic E-state index is 0.336. The van der Waals surface area contributed by atoms with E-state index >= 15 is 0 Å². The summed E-state index contributed by atoms with van der Waals surface area (Å²) < 4.78 is 0. The molecule has 0 saturated carbocycles. The molecule has 1 heterocycles. The van der Waals surface area contributed by atoms with Gasteiger partial charge in [-0.3, -0.25) is 4.99 Å². The molecular formula is C26H24N2. The van der Waals surface area contributed by atoms with E-state index in [9.17, 15) is 0 Å². The first-order valence-corrected chi connectivity index (χ1v) is 10.0. The maximum Gasteiger partial charge on any atom is 0.0630 e. The molecule has 0 saturated heterocycles. The van der Waals surface area contributed by atoms with E-state index < -0.39 is 0 Å². The fourth-order valence-electron chi connectivity index (χ4n) is 4.50. The number of aryl methyl sites for hydroxylation is 1. The van der Waals surface area contributed by atoms with Crippen LogP contribution in [-0.2, 0) is 0 Å². The topological polar surface area (TPSA) is 24.4 Å². The van der Waals surface area contributed by atoms with Crippen LogP contribution in [0.3, 0.4) is 0 Å². The van der Waals surface area contributed by atoms with Crippen LogP contribution in [0.15, 0.2) is 89.9 Å². The van der Waals surface area contributed by atoms with E-state index in [1.165, 1.54) is 22.4 Å². The van der Waals surface area contributed by atoms with Gasteiger partial charge in [0.1, 0.15) is 0 Å². The summed E-state index contributed by atoms with van der Waals surface area (Å²) in [6.07, 6.45) is 7.79. The second-order valence-electron chi connectivity index (χ2n) is 7.83. The first kappa shape index (κ1) is 17.0. The number of hydrogen-bond acceptors (Lipinski definition) is 2. The Labute approximate surface area is 166 Å². The summed E-state index contributed by atoms with van der Waals surface area (Å²) in [6, 6.07) is 26.0. The zero-order valence-corrected chi connectivity index (χ0v) is 16.0. The molecule has 2 aliphatic rings. The molecule has 0 spiro atoms. The van der Waals surface area contributed by atoms with Gasteiger partial charge in [-0.05, 0) is 54.2 Å². The smallest absolute Gasteiger partial charge is 0.0630 e. The lowest BCUT2D eigenvalue weighted by Gasteiger charge is -2.37. The molecule has 0 fully saturated rings. The number of rotatable bonds is 3. The highest BCUT2D eigenvalue weighted by atomic mass is 15.0. The fourth-order valence-corrected chi connectivity index (χ4v) is 4.50. The van der Waals surface area contributed by atoms with Crippen molar-refractivity contribution in [1.82, 2.24) is 0 Å². The van der Waals surface area contributed by atoms with Gasteiger partial charge >= 0.3 is 0 Å². The quantitative estimate of drug-likeness (QED) is 0.412. The third-order valence-electron chi connectivity index (χ3n) is 5.93. The van der Waals surface area contributed by atoms with Crippen LogP contribution in [0.5, 0.6) is 0 Å². The molecule has 1 aliphatic heterocycles. The highest BCUT2D eigenvalue weighted by molar-refractivity contribution is 5.81. The van der Waals surface area contributed by atoms with Gasteiger partial charge in [-0.1, -0.05) is 72.3 Å². The Kier molecular flexibility index (Phi) is 4.32. The van der Waals surface area contributed by atoms with E-state index in [1.807, 2.05) is 24.4 Å². The summed E-state index contributed by atoms with van der Waals surface area (Å²) in [5, 5.41) is 3.81. The minimum Gasteiger partial charge on any atom is -0.378 e. The number of aliphatic imine (C=N–C) groups is 1. The van der Waals surface area contributed by atoms with Crippen molar-refractivity contribution in [3.63, 3.8) is 0 Å². The molecule has 5 rings (SSSR count). The van der Waals surface area contributed by atoms with Gasteiger partial charge in [-0.2, -0.15) is 0 Å². The molecule has 3 aromatic rings. The van der Waals surface area contributed by atoms with Crippen molar-refractivity contribution < 1.29 is 0 Å². The van der Waals surface area contributed by atoms with Gasteiger partial charge in [0.15, 0.2) is 0 Å². The van der Waals surface area contributed by atoms with E-state index in [0.717, 1.165) is 17.7 Å². The van der Waals surface area contributed by atoms with Crippen LogP contribution in [0.4, 0.5) is 11.4 Å². The lowest BCUT2D eigenvalue weighted by Crippen LogP contribution is -2.29. The number of hydrogen-bond donors (Lipinski definition) is 1. The van der Waals surface area contributed by atoms with Crippen LogP contribution >= 0.6 is 0 Å². The SMILES string of the molecule is Cc1ccc2c(c1)[C@@H]1C=CC[C@H]1[C@@H](c1ccc(N=Cc3ccccc3)cc1)N2. The highest BCUT2D eigenvalue weighted by Crippen LogP contribution is 2.49. The number of benzene rings is 3. The molecule has 0 radical (unpaired) electrons. The van der Waals surface area contributed by atoms with Crippen LogP contribution in [-0.4, -0.2) is 6.21 Å². The number of nitrogens with one attached hydrogen (secondary N) is 1. The van der Waals surface area contributed by atoms with Crippen LogP contribution in [0.25, 0.3) is 0 Å². The lowest BCUT2D eigenvalue weighted by atomic mass is 9.76. The molecule has 2 nitrogen and oxygen atoms in total. The van der Waals surface area contributed by atoms with E-state index in [-0.39, 0.29) is 0 Å². The van der Waals surface area contributed by atoms with Gasteiger partial charge in [0.25, 0.3) is 0 Å². The average Bonchev–Trinajstić information content (AvgIpc) is 3.23. The van der Waals surface area contributed by atoms with Crippen LogP contribution in [0.1, 0.15) is 40.6 Å². The first-order chi connectivity index (χ1) is 13.8. The number of nitrogens with zero attached hydrogens (tertiary/aromatic N) is 1. The Morgan fingerprint density at radius 1 is 0.964 bits per heavy atom. The summed E-state index contributed by atoms with van der Waals surface area (Å²) >= 11 is 0. The van der Waals surface area contributed by atoms with Crippen molar-refractivity contribution in [2.75, 3.05) is 5.32 Å². The predicted molar refractivity (Wildman–Crippen MR) is 118 cm³/mol. The Hall–Kier alpha value is -3.13. The lowest BCUT2D eigenvalue weighted by molar-refractivity contribution is 0.425. The van der Waals surface area contributed by atoms with Gasteiger partial charge in [0.05, 0.1) is 11.7 Å². The third-order valence-corrected chi connectivity index (χ3v) is 5.93. The van der Waals surface area contributed by atoms with Gasteiger partial charge in [0, 0.05) is 17.8 Å². The fraction of sp³-hybridized carbons (Fsp3) is 0.192. The normalized spacial score (nSPS) is 22.7. The summed E-state index contributed by atoms with van der Waals surface area (Å²) in [7, 11) is 0. The molecule has 0 amide bonds. The molecule has 0 unspecified atom stereocenters.